The van der Waals surface area contributed by atoms with Gasteiger partial charge in [0.05, 0.1) is 6.61 Å². The first-order valence-corrected chi connectivity index (χ1v) is 10.7. The summed E-state index contributed by atoms with van der Waals surface area (Å²) in [4.78, 5) is 9.29. The Bertz CT molecular complexity index is 623. The van der Waals surface area contributed by atoms with Crippen LogP contribution in [-0.2, 0) is 11.3 Å². The van der Waals surface area contributed by atoms with Gasteiger partial charge in [-0.05, 0) is 45.1 Å². The fourth-order valence-corrected chi connectivity index (χ4v) is 3.38. The van der Waals surface area contributed by atoms with Crippen LogP contribution in [0.5, 0.6) is 5.75 Å². The molecule has 2 N–H and O–H groups in total. The number of hydrogen-bond acceptors (Lipinski definition) is 5. The highest BCUT2D eigenvalue weighted by Gasteiger charge is 2.12. The van der Waals surface area contributed by atoms with Gasteiger partial charge < -0.3 is 29.9 Å². The number of nitrogens with one attached hydrogen (secondary N) is 2. The van der Waals surface area contributed by atoms with E-state index < -0.39 is 0 Å². The minimum atomic E-state index is 0.655. The molecule has 2 rings (SSSR count). The second kappa shape index (κ2) is 13.4. The molecule has 0 spiro atoms. The Balaban J connectivity index is 1.78. The van der Waals surface area contributed by atoms with Crippen molar-refractivity contribution in [3.8, 4) is 5.75 Å². The Morgan fingerprint density at radius 3 is 2.79 bits per heavy atom. The lowest BCUT2D eigenvalue weighted by Gasteiger charge is -2.21. The molecule has 29 heavy (non-hydrogen) atoms. The van der Waals surface area contributed by atoms with Crippen LogP contribution < -0.4 is 15.4 Å². The number of aryl methyl sites for hydroxylation is 1. The molecule has 1 aliphatic heterocycles. The molecule has 164 valence electrons. The summed E-state index contributed by atoms with van der Waals surface area (Å²) >= 11 is 0. The van der Waals surface area contributed by atoms with E-state index in [1.54, 1.807) is 7.11 Å². The van der Waals surface area contributed by atoms with Crippen LogP contribution in [0.3, 0.4) is 0 Å². The SMILES string of the molecule is CN=C(NCCN1CCCN(C)CC1)NCc1ccc(C)cc1OCCCOC. The van der Waals surface area contributed by atoms with Crippen molar-refractivity contribution in [2.45, 2.75) is 26.3 Å². The molecule has 0 amide bonds. The molecule has 1 fully saturated rings. The Morgan fingerprint density at radius 2 is 2.00 bits per heavy atom. The van der Waals surface area contributed by atoms with Gasteiger partial charge in [-0.1, -0.05) is 12.1 Å². The summed E-state index contributed by atoms with van der Waals surface area (Å²) in [5.41, 5.74) is 2.33. The molecule has 1 aromatic carbocycles. The van der Waals surface area contributed by atoms with Crippen molar-refractivity contribution < 1.29 is 9.47 Å². The number of nitrogens with zero attached hydrogens (tertiary/aromatic N) is 3. The number of aliphatic imine (C=N–C) groups is 1. The summed E-state index contributed by atoms with van der Waals surface area (Å²) in [6.07, 6.45) is 2.12. The lowest BCUT2D eigenvalue weighted by atomic mass is 10.1. The highest BCUT2D eigenvalue weighted by Crippen LogP contribution is 2.20. The van der Waals surface area contributed by atoms with Crippen molar-refractivity contribution in [2.24, 2.45) is 4.99 Å². The van der Waals surface area contributed by atoms with Crippen LogP contribution in [0.15, 0.2) is 23.2 Å². The molecule has 0 unspecified atom stereocenters. The lowest BCUT2D eigenvalue weighted by molar-refractivity contribution is 0.171. The van der Waals surface area contributed by atoms with E-state index in [0.717, 1.165) is 49.9 Å². The maximum atomic E-state index is 5.98. The van der Waals surface area contributed by atoms with Gasteiger partial charge in [0.1, 0.15) is 5.75 Å². The second-order valence-corrected chi connectivity index (χ2v) is 7.66. The fraction of sp³-hybridized carbons (Fsp3) is 0.682. The second-order valence-electron chi connectivity index (χ2n) is 7.66. The van der Waals surface area contributed by atoms with Gasteiger partial charge >= 0.3 is 0 Å². The van der Waals surface area contributed by atoms with Crippen molar-refractivity contribution in [1.29, 1.82) is 0 Å². The van der Waals surface area contributed by atoms with Crippen LogP contribution in [0.25, 0.3) is 0 Å². The maximum Gasteiger partial charge on any atom is 0.191 e. The van der Waals surface area contributed by atoms with Crippen LogP contribution >= 0.6 is 0 Å². The van der Waals surface area contributed by atoms with Gasteiger partial charge in [-0.2, -0.15) is 0 Å². The average Bonchev–Trinajstić information content (AvgIpc) is 2.93. The minimum Gasteiger partial charge on any atom is -0.493 e. The Labute approximate surface area is 176 Å². The summed E-state index contributed by atoms with van der Waals surface area (Å²) in [5, 5.41) is 6.85. The summed E-state index contributed by atoms with van der Waals surface area (Å²) in [5.74, 6) is 1.75. The first kappa shape index (κ1) is 23.4. The van der Waals surface area contributed by atoms with E-state index in [-0.39, 0.29) is 0 Å². The largest absolute Gasteiger partial charge is 0.493 e. The molecule has 1 heterocycles. The van der Waals surface area contributed by atoms with E-state index >= 15 is 0 Å². The fourth-order valence-electron chi connectivity index (χ4n) is 3.38. The van der Waals surface area contributed by atoms with E-state index in [9.17, 15) is 0 Å². The molecule has 1 aliphatic rings. The molecular weight excluding hydrogens is 366 g/mol. The predicted octanol–water partition coefficient (Wildman–Crippen LogP) is 1.71. The van der Waals surface area contributed by atoms with Crippen LogP contribution in [0.2, 0.25) is 0 Å². The molecule has 7 nitrogen and oxygen atoms in total. The van der Waals surface area contributed by atoms with E-state index in [1.165, 1.54) is 25.1 Å². The molecule has 0 radical (unpaired) electrons. The summed E-state index contributed by atoms with van der Waals surface area (Å²) in [7, 11) is 5.73. The van der Waals surface area contributed by atoms with Gasteiger partial charge in [-0.15, -0.1) is 0 Å². The Morgan fingerprint density at radius 1 is 1.14 bits per heavy atom. The summed E-state index contributed by atoms with van der Waals surface area (Å²) in [6, 6.07) is 6.33. The quantitative estimate of drug-likeness (QED) is 0.351. The van der Waals surface area contributed by atoms with E-state index in [1.807, 2.05) is 7.05 Å². The first-order chi connectivity index (χ1) is 14.1. The third-order valence-electron chi connectivity index (χ3n) is 5.18. The molecule has 7 heteroatoms. The maximum absolute atomic E-state index is 5.98. The number of hydrogen-bond donors (Lipinski definition) is 2. The number of ether oxygens (including phenoxy) is 2. The van der Waals surface area contributed by atoms with Crippen molar-refractivity contribution in [1.82, 2.24) is 20.4 Å². The number of rotatable bonds is 10. The van der Waals surface area contributed by atoms with Gasteiger partial charge in [0, 0.05) is 65.5 Å². The number of benzene rings is 1. The molecular formula is C22H39N5O2. The highest BCUT2D eigenvalue weighted by atomic mass is 16.5. The molecule has 1 aromatic rings. The smallest absolute Gasteiger partial charge is 0.191 e. The highest BCUT2D eigenvalue weighted by molar-refractivity contribution is 5.79. The van der Waals surface area contributed by atoms with Crippen LogP contribution in [-0.4, -0.2) is 89.4 Å². The molecule has 1 saturated heterocycles. The lowest BCUT2D eigenvalue weighted by Crippen LogP contribution is -2.42. The van der Waals surface area contributed by atoms with Gasteiger partial charge in [0.15, 0.2) is 5.96 Å². The van der Waals surface area contributed by atoms with E-state index in [4.69, 9.17) is 9.47 Å². The third kappa shape index (κ3) is 9.02. The first-order valence-electron chi connectivity index (χ1n) is 10.7. The molecule has 0 aliphatic carbocycles. The Hall–Kier alpha value is -1.83. The Kier molecular flexibility index (Phi) is 10.8. The monoisotopic (exact) mass is 405 g/mol. The standard InChI is InChI=1S/C22H39N5O2/c1-19-7-8-20(21(17-19)29-16-6-15-28-4)18-25-22(23-2)24-9-12-27-11-5-10-26(3)13-14-27/h7-8,17H,5-6,9-16,18H2,1-4H3,(H2,23,24,25). The molecule has 0 atom stereocenters. The van der Waals surface area contributed by atoms with Crippen molar-refractivity contribution in [2.75, 3.05) is 73.7 Å². The van der Waals surface area contributed by atoms with Gasteiger partial charge in [-0.3, -0.25) is 4.99 Å². The summed E-state index contributed by atoms with van der Waals surface area (Å²) < 4.78 is 11.1. The van der Waals surface area contributed by atoms with Crippen molar-refractivity contribution >= 4 is 5.96 Å². The zero-order chi connectivity index (χ0) is 20.9. The molecule has 0 aromatic heterocycles. The number of methoxy groups -OCH3 is 1. The van der Waals surface area contributed by atoms with Crippen LogP contribution in [0, 0.1) is 6.92 Å². The zero-order valence-corrected chi connectivity index (χ0v) is 18.7. The zero-order valence-electron chi connectivity index (χ0n) is 18.7. The van der Waals surface area contributed by atoms with Crippen LogP contribution in [0.1, 0.15) is 24.0 Å². The van der Waals surface area contributed by atoms with Gasteiger partial charge in [0.25, 0.3) is 0 Å². The predicted molar refractivity (Wildman–Crippen MR) is 120 cm³/mol. The topological polar surface area (TPSA) is 61.4 Å². The number of guanidine groups is 1. The molecule has 0 bridgehead atoms. The normalized spacial score (nSPS) is 16.5. The molecule has 0 saturated carbocycles. The van der Waals surface area contributed by atoms with Crippen LogP contribution in [0.4, 0.5) is 0 Å². The van der Waals surface area contributed by atoms with Crippen molar-refractivity contribution in [3.63, 3.8) is 0 Å². The summed E-state index contributed by atoms with van der Waals surface area (Å²) in [6.45, 7) is 10.7. The third-order valence-corrected chi connectivity index (χ3v) is 5.18. The number of likely N-dealkylation sites (N-methyl/N-ethyl adjacent to an activating group) is 1. The van der Waals surface area contributed by atoms with Gasteiger partial charge in [-0.25, -0.2) is 0 Å². The minimum absolute atomic E-state index is 0.655. The van der Waals surface area contributed by atoms with E-state index in [2.05, 4.69) is 57.6 Å². The van der Waals surface area contributed by atoms with Gasteiger partial charge in [0.2, 0.25) is 0 Å². The average molecular weight is 406 g/mol. The van der Waals surface area contributed by atoms with Crippen molar-refractivity contribution in [3.05, 3.63) is 29.3 Å². The van der Waals surface area contributed by atoms with E-state index in [0.29, 0.717) is 19.8 Å².